The average Bonchev–Trinajstić information content (AvgIpc) is 2.66. The first-order valence-corrected chi connectivity index (χ1v) is 12.6. The fraction of sp³-hybridized carbons (Fsp3) is 0.957. The van der Waals surface area contributed by atoms with Crippen molar-refractivity contribution in [3.8, 4) is 0 Å². The third-order valence-corrected chi connectivity index (χ3v) is 6.48. The topological polar surface area (TPSA) is 26.3 Å². The third-order valence-electron chi connectivity index (χ3n) is 4.92. The van der Waals surface area contributed by atoms with Crippen LogP contribution in [0.3, 0.4) is 0 Å². The average molecular weight is 391 g/mol. The monoisotopic (exact) mass is 390 g/mol. The molecule has 1 fully saturated rings. The normalized spacial score (nSPS) is 21.8. The second kappa shape index (κ2) is 17.0. The van der Waals surface area contributed by atoms with E-state index in [0.29, 0.717) is 14.0 Å². The molecule has 0 aliphatic heterocycles. The zero-order chi connectivity index (χ0) is 21.4. The van der Waals surface area contributed by atoms with Crippen LogP contribution in [0.15, 0.2) is 0 Å². The van der Waals surface area contributed by atoms with E-state index in [9.17, 15) is 4.79 Å². The lowest BCUT2D eigenvalue weighted by molar-refractivity contribution is -0.154. The van der Waals surface area contributed by atoms with Crippen LogP contribution >= 0.6 is 8.58 Å². The number of hydrogen-bond donors (Lipinski definition) is 0. The molecule has 0 bridgehead atoms. The van der Waals surface area contributed by atoms with Gasteiger partial charge in [-0.25, -0.2) is 0 Å². The van der Waals surface area contributed by atoms with Crippen LogP contribution in [0.4, 0.5) is 0 Å². The van der Waals surface area contributed by atoms with Gasteiger partial charge in [-0.15, -0.1) is 8.58 Å². The summed E-state index contributed by atoms with van der Waals surface area (Å²) in [5.74, 6) is 0.812. The van der Waals surface area contributed by atoms with Gasteiger partial charge in [0.15, 0.2) is 0 Å². The summed E-state index contributed by atoms with van der Waals surface area (Å²) < 4.78 is 5.83. The number of carbonyl (C=O) groups is 1. The Kier molecular flexibility index (Phi) is 20.1. The van der Waals surface area contributed by atoms with Crippen LogP contribution in [0.2, 0.25) is 0 Å². The predicted molar refractivity (Wildman–Crippen MR) is 123 cm³/mol. The molecule has 1 aliphatic carbocycles. The quantitative estimate of drug-likeness (QED) is 0.350. The van der Waals surface area contributed by atoms with Gasteiger partial charge >= 0.3 is 5.97 Å². The molecule has 2 nitrogen and oxygen atoms in total. The second-order valence-electron chi connectivity index (χ2n) is 7.58. The molecule has 0 aromatic carbocycles. The van der Waals surface area contributed by atoms with Gasteiger partial charge in [0, 0.05) is 0 Å². The molecule has 0 saturated heterocycles. The van der Waals surface area contributed by atoms with Crippen molar-refractivity contribution < 1.29 is 9.53 Å². The molecule has 1 aliphatic rings. The van der Waals surface area contributed by atoms with E-state index in [4.69, 9.17) is 4.74 Å². The molecule has 160 valence electrons. The maximum absolute atomic E-state index is 12.4. The highest BCUT2D eigenvalue weighted by atomic mass is 31.1. The van der Waals surface area contributed by atoms with E-state index in [0.717, 1.165) is 31.6 Å². The molecule has 1 saturated carbocycles. The number of carbonyl (C=O) groups excluding carboxylic acids is 1. The Hall–Kier alpha value is -0.100. The third kappa shape index (κ3) is 11.6. The Morgan fingerprint density at radius 2 is 1.35 bits per heavy atom. The van der Waals surface area contributed by atoms with Gasteiger partial charge in [-0.1, -0.05) is 75.7 Å². The largest absolute Gasteiger partial charge is 0.462 e. The van der Waals surface area contributed by atoms with Crippen molar-refractivity contribution in [3.63, 3.8) is 0 Å². The number of hydrogen-bond acceptors (Lipinski definition) is 2. The highest BCUT2D eigenvalue weighted by Crippen LogP contribution is 2.40. The minimum absolute atomic E-state index is 0.0411. The fourth-order valence-corrected chi connectivity index (χ4v) is 3.92. The molecule has 0 aromatic heterocycles. The molecule has 3 heteroatoms. The van der Waals surface area contributed by atoms with E-state index < -0.39 is 0 Å². The summed E-state index contributed by atoms with van der Waals surface area (Å²) in [7, 11) is 0.621. The van der Waals surface area contributed by atoms with Crippen LogP contribution in [-0.4, -0.2) is 23.9 Å². The lowest BCUT2D eigenvalue weighted by atomic mass is 9.72. The van der Waals surface area contributed by atoms with E-state index in [-0.39, 0.29) is 17.2 Å². The van der Waals surface area contributed by atoms with Gasteiger partial charge in [0.2, 0.25) is 0 Å². The summed E-state index contributed by atoms with van der Waals surface area (Å²) in [6, 6.07) is 0. The molecule has 0 spiro atoms. The predicted octanol–water partition coefficient (Wildman–Crippen LogP) is 8.08. The smallest absolute Gasteiger partial charge is 0.316 e. The number of esters is 1. The summed E-state index contributed by atoms with van der Waals surface area (Å²) in [6.45, 7) is 25.3. The molecule has 0 aromatic rings. The Labute approximate surface area is 168 Å². The van der Waals surface area contributed by atoms with Gasteiger partial charge in [-0.05, 0) is 57.0 Å². The summed E-state index contributed by atoms with van der Waals surface area (Å²) in [6.07, 6.45) is 6.63. The maximum Gasteiger partial charge on any atom is 0.316 e. The Morgan fingerprint density at radius 1 is 0.923 bits per heavy atom. The highest BCUT2D eigenvalue weighted by molar-refractivity contribution is 7.40. The fourth-order valence-electron chi connectivity index (χ4n) is 3.16. The summed E-state index contributed by atoms with van der Waals surface area (Å²) >= 11 is 0. The van der Waals surface area contributed by atoms with Crippen LogP contribution in [-0.2, 0) is 9.53 Å². The standard InChI is InChI=1S/C17H33O2P.3C2H6/c1-7-12-17(5,20-6)15(18)19-14-10-8-13(9-11-14)16(2,3)4;3*1-2/h13-14,20H,7-12H2,1-6H3;3*1-2H3. The molecule has 0 heterocycles. The molecular formula is C23H51O2P. The minimum Gasteiger partial charge on any atom is -0.462 e. The van der Waals surface area contributed by atoms with Crippen LogP contribution in [0.1, 0.15) is 115 Å². The summed E-state index contributed by atoms with van der Waals surface area (Å²) in [5.41, 5.74) is 0.385. The van der Waals surface area contributed by atoms with Crippen molar-refractivity contribution in [2.75, 3.05) is 6.66 Å². The molecular weight excluding hydrogens is 339 g/mol. The first-order chi connectivity index (χ1) is 12.2. The Bertz CT molecular complexity index is 315. The molecule has 1 rings (SSSR count). The van der Waals surface area contributed by atoms with Crippen molar-refractivity contribution in [3.05, 3.63) is 0 Å². The van der Waals surface area contributed by atoms with Crippen LogP contribution < -0.4 is 0 Å². The van der Waals surface area contributed by atoms with Crippen LogP contribution in [0.25, 0.3) is 0 Å². The van der Waals surface area contributed by atoms with Crippen molar-refractivity contribution in [2.45, 2.75) is 126 Å². The summed E-state index contributed by atoms with van der Waals surface area (Å²) in [5, 5.41) is -0.254. The van der Waals surface area contributed by atoms with E-state index in [1.54, 1.807) is 0 Å². The second-order valence-corrected chi connectivity index (χ2v) is 9.18. The van der Waals surface area contributed by atoms with Crippen molar-refractivity contribution in [1.82, 2.24) is 0 Å². The zero-order valence-electron chi connectivity index (χ0n) is 20.2. The molecule has 2 atom stereocenters. The first kappa shape index (κ1) is 30.6. The molecule has 2 unspecified atom stereocenters. The Balaban J connectivity index is -0.000000795. The van der Waals surface area contributed by atoms with Gasteiger partial charge in [0.25, 0.3) is 0 Å². The molecule has 0 amide bonds. The van der Waals surface area contributed by atoms with Gasteiger partial charge in [0.05, 0.1) is 5.16 Å². The van der Waals surface area contributed by atoms with Gasteiger partial charge in [0.1, 0.15) is 6.10 Å². The molecule has 26 heavy (non-hydrogen) atoms. The van der Waals surface area contributed by atoms with Crippen LogP contribution in [0.5, 0.6) is 0 Å². The van der Waals surface area contributed by atoms with Crippen molar-refractivity contribution in [2.24, 2.45) is 11.3 Å². The molecule has 0 radical (unpaired) electrons. The van der Waals surface area contributed by atoms with E-state index in [2.05, 4.69) is 41.3 Å². The Morgan fingerprint density at radius 3 is 1.65 bits per heavy atom. The lowest BCUT2D eigenvalue weighted by Gasteiger charge is -2.37. The highest BCUT2D eigenvalue weighted by Gasteiger charge is 2.36. The van der Waals surface area contributed by atoms with Crippen molar-refractivity contribution in [1.29, 1.82) is 0 Å². The van der Waals surface area contributed by atoms with Gasteiger partial charge in [-0.3, -0.25) is 4.79 Å². The lowest BCUT2D eigenvalue weighted by Crippen LogP contribution is -2.37. The first-order valence-electron chi connectivity index (χ1n) is 11.1. The maximum atomic E-state index is 12.4. The SMILES string of the molecule is CC.CC.CC.CCCC(C)(PC)C(=O)OC1CCC(C(C)(C)C)CC1. The van der Waals surface area contributed by atoms with Gasteiger partial charge in [-0.2, -0.15) is 0 Å². The van der Waals surface area contributed by atoms with Crippen molar-refractivity contribution >= 4 is 14.6 Å². The molecule has 0 N–H and O–H groups in total. The summed E-state index contributed by atoms with van der Waals surface area (Å²) in [4.78, 5) is 12.4. The van der Waals surface area contributed by atoms with E-state index in [1.807, 2.05) is 41.5 Å². The zero-order valence-corrected chi connectivity index (χ0v) is 21.2. The van der Waals surface area contributed by atoms with E-state index in [1.165, 1.54) is 12.8 Å². The number of rotatable bonds is 5. The van der Waals surface area contributed by atoms with E-state index >= 15 is 0 Å². The van der Waals surface area contributed by atoms with Crippen LogP contribution in [0, 0.1) is 11.3 Å². The van der Waals surface area contributed by atoms with Gasteiger partial charge < -0.3 is 4.74 Å². The minimum atomic E-state index is -0.254. The number of ether oxygens (including phenoxy) is 1.